The molecular weight excluding hydrogens is 419 g/mol. The monoisotopic (exact) mass is 436 g/mol. The van der Waals surface area contributed by atoms with Crippen LogP contribution in [0.25, 0.3) is 10.8 Å². The molecule has 0 atom stereocenters. The van der Waals surface area contributed by atoms with E-state index in [9.17, 15) is 13.2 Å². The summed E-state index contributed by atoms with van der Waals surface area (Å²) in [5, 5.41) is 5.46. The highest BCUT2D eigenvalue weighted by Gasteiger charge is 2.21. The first-order valence-electron chi connectivity index (χ1n) is 8.41. The van der Waals surface area contributed by atoms with E-state index in [1.54, 1.807) is 0 Å². The molecule has 1 N–H and O–H groups in total. The summed E-state index contributed by atoms with van der Waals surface area (Å²) in [6.45, 7) is -0.0625. The lowest BCUT2D eigenvalue weighted by atomic mass is 10.1. The summed E-state index contributed by atoms with van der Waals surface area (Å²) in [4.78, 5) is 12.4. The second-order valence-corrected chi connectivity index (χ2v) is 9.05. The van der Waals surface area contributed by atoms with Gasteiger partial charge in [-0.05, 0) is 40.6 Å². The Balaban J connectivity index is 1.72. The highest BCUT2D eigenvalue weighted by atomic mass is 35.5. The number of hydrogen-bond donors (Lipinski definition) is 1. The molecule has 0 bridgehead atoms. The lowest BCUT2D eigenvalue weighted by Gasteiger charge is -2.22. The fourth-order valence-electron chi connectivity index (χ4n) is 2.78. The van der Waals surface area contributed by atoms with Crippen LogP contribution in [0.3, 0.4) is 0 Å². The lowest BCUT2D eigenvalue weighted by molar-refractivity contribution is -0.119. The number of sulfonamides is 1. The molecule has 0 saturated heterocycles. The Bertz CT molecular complexity index is 1130. The SMILES string of the molecule is CS(=O)(=O)N(CC(=O)NCc1ccc2ccccc2c1)c1ccc(Cl)c(Cl)c1. The highest BCUT2D eigenvalue weighted by molar-refractivity contribution is 7.92. The zero-order valence-electron chi connectivity index (χ0n) is 15.0. The van der Waals surface area contributed by atoms with Crippen LogP contribution >= 0.6 is 23.2 Å². The van der Waals surface area contributed by atoms with Gasteiger partial charge >= 0.3 is 0 Å². The third-order valence-electron chi connectivity index (χ3n) is 4.18. The number of rotatable bonds is 6. The van der Waals surface area contributed by atoms with Gasteiger partial charge in [0, 0.05) is 6.54 Å². The van der Waals surface area contributed by atoms with Crippen molar-refractivity contribution in [1.29, 1.82) is 0 Å². The zero-order valence-corrected chi connectivity index (χ0v) is 17.4. The van der Waals surface area contributed by atoms with Crippen molar-refractivity contribution in [3.8, 4) is 0 Å². The van der Waals surface area contributed by atoms with Crippen molar-refractivity contribution in [2.24, 2.45) is 0 Å². The average Bonchev–Trinajstić information content (AvgIpc) is 2.65. The van der Waals surface area contributed by atoms with E-state index in [0.717, 1.165) is 26.9 Å². The molecular formula is C20H18Cl2N2O3S. The summed E-state index contributed by atoms with van der Waals surface area (Å²) in [5.41, 5.74) is 1.20. The first-order valence-corrected chi connectivity index (χ1v) is 11.0. The molecule has 0 aromatic heterocycles. The van der Waals surface area contributed by atoms with Crippen molar-refractivity contribution >= 4 is 55.6 Å². The van der Waals surface area contributed by atoms with Crippen LogP contribution in [0.15, 0.2) is 60.7 Å². The topological polar surface area (TPSA) is 66.5 Å². The van der Waals surface area contributed by atoms with Gasteiger partial charge in [0.05, 0.1) is 22.0 Å². The second kappa shape index (κ2) is 8.39. The summed E-state index contributed by atoms with van der Waals surface area (Å²) >= 11 is 11.9. The predicted molar refractivity (Wildman–Crippen MR) is 114 cm³/mol. The van der Waals surface area contributed by atoms with Gasteiger partial charge in [-0.2, -0.15) is 0 Å². The number of fused-ring (bicyclic) bond motifs is 1. The Kier molecular flexibility index (Phi) is 6.13. The molecule has 0 heterocycles. The van der Waals surface area contributed by atoms with E-state index in [4.69, 9.17) is 23.2 Å². The van der Waals surface area contributed by atoms with Crippen molar-refractivity contribution in [2.45, 2.75) is 6.54 Å². The van der Waals surface area contributed by atoms with E-state index in [0.29, 0.717) is 11.6 Å². The molecule has 28 heavy (non-hydrogen) atoms. The lowest BCUT2D eigenvalue weighted by Crippen LogP contribution is -2.40. The Hall–Kier alpha value is -2.28. The summed E-state index contributed by atoms with van der Waals surface area (Å²) in [7, 11) is -3.68. The molecule has 3 rings (SSSR count). The number of hydrogen-bond acceptors (Lipinski definition) is 3. The van der Waals surface area contributed by atoms with Crippen LogP contribution in [-0.4, -0.2) is 27.1 Å². The summed E-state index contributed by atoms with van der Waals surface area (Å²) in [5.74, 6) is -0.426. The molecule has 3 aromatic carbocycles. The molecule has 5 nitrogen and oxygen atoms in total. The average molecular weight is 437 g/mol. The van der Waals surface area contributed by atoms with Gasteiger partial charge in [-0.15, -0.1) is 0 Å². The number of amides is 1. The Morgan fingerprint density at radius 1 is 0.964 bits per heavy atom. The van der Waals surface area contributed by atoms with Gasteiger partial charge in [-0.3, -0.25) is 9.10 Å². The third kappa shape index (κ3) is 4.95. The molecule has 0 radical (unpaired) electrons. The maximum atomic E-state index is 12.4. The van der Waals surface area contributed by atoms with Gasteiger partial charge in [-0.25, -0.2) is 8.42 Å². The Morgan fingerprint density at radius 2 is 1.68 bits per heavy atom. The molecule has 0 saturated carbocycles. The first-order chi connectivity index (χ1) is 13.2. The number of carbonyl (C=O) groups is 1. The maximum Gasteiger partial charge on any atom is 0.241 e. The van der Waals surface area contributed by atoms with Crippen molar-refractivity contribution in [1.82, 2.24) is 5.32 Å². The second-order valence-electron chi connectivity index (χ2n) is 6.33. The van der Waals surface area contributed by atoms with E-state index in [-0.39, 0.29) is 17.3 Å². The van der Waals surface area contributed by atoms with Gasteiger partial charge in [0.15, 0.2) is 0 Å². The minimum absolute atomic E-state index is 0.212. The molecule has 0 aliphatic rings. The number of benzene rings is 3. The number of halogens is 2. The molecule has 0 aliphatic carbocycles. The van der Waals surface area contributed by atoms with Crippen LogP contribution in [-0.2, 0) is 21.4 Å². The molecule has 0 unspecified atom stereocenters. The normalized spacial score (nSPS) is 11.4. The molecule has 146 valence electrons. The zero-order chi connectivity index (χ0) is 20.3. The van der Waals surface area contributed by atoms with Crippen LogP contribution < -0.4 is 9.62 Å². The van der Waals surface area contributed by atoms with Crippen molar-refractivity contribution in [2.75, 3.05) is 17.1 Å². The van der Waals surface area contributed by atoms with E-state index in [1.807, 2.05) is 42.5 Å². The summed E-state index contributed by atoms with van der Waals surface area (Å²) < 4.78 is 25.3. The maximum absolute atomic E-state index is 12.4. The minimum Gasteiger partial charge on any atom is -0.350 e. The molecule has 1 amide bonds. The molecule has 3 aromatic rings. The van der Waals surface area contributed by atoms with Gasteiger partial charge < -0.3 is 5.32 Å². The fraction of sp³-hybridized carbons (Fsp3) is 0.150. The summed E-state index contributed by atoms with van der Waals surface area (Å²) in [6.07, 6.45) is 1.03. The standard InChI is InChI=1S/C20H18Cl2N2O3S/c1-28(26,27)24(17-8-9-18(21)19(22)11-17)13-20(25)23-12-14-6-7-15-4-2-3-5-16(15)10-14/h2-11H,12-13H2,1H3,(H,23,25). The number of anilines is 1. The molecule has 8 heteroatoms. The molecule has 0 spiro atoms. The highest BCUT2D eigenvalue weighted by Crippen LogP contribution is 2.28. The fourth-order valence-corrected chi connectivity index (χ4v) is 3.92. The van der Waals surface area contributed by atoms with Gasteiger partial charge in [0.1, 0.15) is 6.54 Å². The number of nitrogens with zero attached hydrogens (tertiary/aromatic N) is 1. The Labute approximate surface area is 173 Å². The van der Waals surface area contributed by atoms with Crippen LogP contribution in [0.1, 0.15) is 5.56 Å². The molecule has 0 fully saturated rings. The van der Waals surface area contributed by atoms with Gasteiger partial charge in [-0.1, -0.05) is 59.6 Å². The van der Waals surface area contributed by atoms with Crippen LogP contribution in [0.2, 0.25) is 10.0 Å². The van der Waals surface area contributed by atoms with Crippen LogP contribution in [0.5, 0.6) is 0 Å². The quantitative estimate of drug-likeness (QED) is 0.628. The first kappa shape index (κ1) is 20.5. The van der Waals surface area contributed by atoms with Crippen LogP contribution in [0, 0.1) is 0 Å². The number of carbonyl (C=O) groups excluding carboxylic acids is 1. The Morgan fingerprint density at radius 3 is 2.36 bits per heavy atom. The van der Waals surface area contributed by atoms with Gasteiger partial charge in [0.25, 0.3) is 0 Å². The van der Waals surface area contributed by atoms with E-state index in [2.05, 4.69) is 5.32 Å². The minimum atomic E-state index is -3.68. The van der Waals surface area contributed by atoms with E-state index in [1.165, 1.54) is 18.2 Å². The summed E-state index contributed by atoms with van der Waals surface area (Å²) in [6, 6.07) is 18.2. The van der Waals surface area contributed by atoms with Crippen molar-refractivity contribution in [3.63, 3.8) is 0 Å². The van der Waals surface area contributed by atoms with E-state index < -0.39 is 15.9 Å². The third-order valence-corrected chi connectivity index (χ3v) is 6.06. The van der Waals surface area contributed by atoms with Crippen LogP contribution in [0.4, 0.5) is 5.69 Å². The predicted octanol–water partition coefficient (Wildman–Crippen LogP) is 4.23. The molecule has 0 aliphatic heterocycles. The largest absolute Gasteiger partial charge is 0.350 e. The smallest absolute Gasteiger partial charge is 0.241 e. The van der Waals surface area contributed by atoms with E-state index >= 15 is 0 Å². The van der Waals surface area contributed by atoms with Gasteiger partial charge in [0.2, 0.25) is 15.9 Å². The van der Waals surface area contributed by atoms with Crippen molar-refractivity contribution < 1.29 is 13.2 Å². The van der Waals surface area contributed by atoms with Crippen molar-refractivity contribution in [3.05, 3.63) is 76.3 Å². The number of nitrogens with one attached hydrogen (secondary N) is 1.